The Bertz CT molecular complexity index is 983. The van der Waals surface area contributed by atoms with Crippen LogP contribution in [0.15, 0.2) is 35.5 Å². The van der Waals surface area contributed by atoms with Crippen LogP contribution in [0.4, 0.5) is 0 Å². The second-order valence-corrected chi connectivity index (χ2v) is 6.39. The van der Waals surface area contributed by atoms with Crippen LogP contribution < -0.4 is 5.56 Å². The topological polar surface area (TPSA) is 79.0 Å². The van der Waals surface area contributed by atoms with Crippen LogP contribution in [0, 0.1) is 13.8 Å². The molecule has 7 heteroatoms. The lowest BCUT2D eigenvalue weighted by Crippen LogP contribution is -2.25. The summed E-state index contributed by atoms with van der Waals surface area (Å²) in [5.41, 5.74) is 3.22. The molecule has 0 saturated heterocycles. The summed E-state index contributed by atoms with van der Waals surface area (Å²) in [5, 5.41) is 4.68. The lowest BCUT2D eigenvalue weighted by molar-refractivity contribution is -0.144. The standard InChI is InChI=1S/C19H22N4O3/c1-4-5-6-26-17(24)11-22-12-20-18-16(19(22)25)10-21-23(18)15-8-13(2)7-14(3)9-15/h7-10,12H,4-6,11H2,1-3H3. The molecule has 0 bridgehead atoms. The molecule has 136 valence electrons. The molecule has 0 amide bonds. The second kappa shape index (κ2) is 7.51. The number of benzene rings is 1. The van der Waals surface area contributed by atoms with E-state index in [1.165, 1.54) is 17.1 Å². The zero-order chi connectivity index (χ0) is 18.7. The fraction of sp³-hybridized carbons (Fsp3) is 0.368. The molecule has 0 unspecified atom stereocenters. The minimum Gasteiger partial charge on any atom is -0.464 e. The van der Waals surface area contributed by atoms with Crippen molar-refractivity contribution >= 4 is 17.0 Å². The molecule has 26 heavy (non-hydrogen) atoms. The van der Waals surface area contributed by atoms with Gasteiger partial charge in [-0.3, -0.25) is 14.2 Å². The number of nitrogens with zero attached hydrogens (tertiary/aromatic N) is 4. The second-order valence-electron chi connectivity index (χ2n) is 6.39. The Hall–Kier alpha value is -2.96. The van der Waals surface area contributed by atoms with Crippen LogP contribution in [0.5, 0.6) is 0 Å². The van der Waals surface area contributed by atoms with Gasteiger partial charge in [0.05, 0.1) is 18.5 Å². The quantitative estimate of drug-likeness (QED) is 0.502. The normalized spacial score (nSPS) is 11.0. The SMILES string of the molecule is CCCCOC(=O)Cn1cnc2c(cnn2-c2cc(C)cc(C)c2)c1=O. The third kappa shape index (κ3) is 3.66. The van der Waals surface area contributed by atoms with Crippen molar-refractivity contribution in [3.63, 3.8) is 0 Å². The number of esters is 1. The number of fused-ring (bicyclic) bond motifs is 1. The zero-order valence-corrected chi connectivity index (χ0v) is 15.2. The Labute approximate surface area is 151 Å². The summed E-state index contributed by atoms with van der Waals surface area (Å²) in [5.74, 6) is -0.441. The first-order chi connectivity index (χ1) is 12.5. The molecule has 0 aliphatic carbocycles. The molecule has 0 atom stereocenters. The predicted molar refractivity (Wildman–Crippen MR) is 98.5 cm³/mol. The van der Waals surface area contributed by atoms with Gasteiger partial charge >= 0.3 is 5.97 Å². The average Bonchev–Trinajstić information content (AvgIpc) is 3.01. The van der Waals surface area contributed by atoms with E-state index in [9.17, 15) is 9.59 Å². The van der Waals surface area contributed by atoms with Crippen molar-refractivity contribution in [2.75, 3.05) is 6.61 Å². The fourth-order valence-corrected chi connectivity index (χ4v) is 2.84. The monoisotopic (exact) mass is 354 g/mol. The van der Waals surface area contributed by atoms with E-state index in [0.717, 1.165) is 29.7 Å². The Morgan fingerprint density at radius 3 is 2.62 bits per heavy atom. The first-order valence-corrected chi connectivity index (χ1v) is 8.67. The van der Waals surface area contributed by atoms with Gasteiger partial charge in [-0.25, -0.2) is 9.67 Å². The predicted octanol–water partition coefficient (Wildman–Crippen LogP) is 2.54. The van der Waals surface area contributed by atoms with Crippen LogP contribution in [0.2, 0.25) is 0 Å². The number of carbonyl (C=O) groups excluding carboxylic acids is 1. The van der Waals surface area contributed by atoms with E-state index >= 15 is 0 Å². The number of aryl methyl sites for hydroxylation is 2. The van der Waals surface area contributed by atoms with E-state index in [-0.39, 0.29) is 12.1 Å². The van der Waals surface area contributed by atoms with E-state index in [1.807, 2.05) is 32.9 Å². The van der Waals surface area contributed by atoms with Crippen molar-refractivity contribution in [1.29, 1.82) is 0 Å². The lowest BCUT2D eigenvalue weighted by Gasteiger charge is -2.08. The fourth-order valence-electron chi connectivity index (χ4n) is 2.84. The smallest absolute Gasteiger partial charge is 0.326 e. The van der Waals surface area contributed by atoms with Gasteiger partial charge in [0.15, 0.2) is 5.65 Å². The van der Waals surface area contributed by atoms with E-state index < -0.39 is 5.97 Å². The summed E-state index contributed by atoms with van der Waals surface area (Å²) < 4.78 is 8.00. The highest BCUT2D eigenvalue weighted by molar-refractivity contribution is 5.76. The van der Waals surface area contributed by atoms with Crippen LogP contribution in [-0.2, 0) is 16.1 Å². The molecule has 0 N–H and O–H groups in total. The molecular weight excluding hydrogens is 332 g/mol. The molecule has 3 aromatic rings. The Balaban J connectivity index is 1.92. The van der Waals surface area contributed by atoms with E-state index in [1.54, 1.807) is 4.68 Å². The zero-order valence-electron chi connectivity index (χ0n) is 15.2. The Morgan fingerprint density at radius 1 is 1.19 bits per heavy atom. The molecule has 3 rings (SSSR count). The van der Waals surface area contributed by atoms with Crippen molar-refractivity contribution in [2.24, 2.45) is 0 Å². The average molecular weight is 354 g/mol. The van der Waals surface area contributed by atoms with E-state index in [4.69, 9.17) is 4.74 Å². The minimum absolute atomic E-state index is 0.153. The number of hydrogen-bond donors (Lipinski definition) is 0. The lowest BCUT2D eigenvalue weighted by atomic mass is 10.1. The van der Waals surface area contributed by atoms with Gasteiger partial charge in [-0.2, -0.15) is 5.10 Å². The van der Waals surface area contributed by atoms with Gasteiger partial charge in [-0.15, -0.1) is 0 Å². The van der Waals surface area contributed by atoms with E-state index in [0.29, 0.717) is 17.6 Å². The minimum atomic E-state index is -0.441. The molecule has 2 heterocycles. The summed E-state index contributed by atoms with van der Waals surface area (Å²) in [6.07, 6.45) is 4.60. The summed E-state index contributed by atoms with van der Waals surface area (Å²) in [6.45, 7) is 6.24. The van der Waals surface area contributed by atoms with Gasteiger partial charge in [0.1, 0.15) is 18.3 Å². The number of unbranched alkanes of at least 4 members (excludes halogenated alkanes) is 1. The summed E-state index contributed by atoms with van der Waals surface area (Å²) in [7, 11) is 0. The number of carbonyl (C=O) groups is 1. The Kier molecular flexibility index (Phi) is 5.16. The molecule has 0 spiro atoms. The third-order valence-electron chi connectivity index (χ3n) is 4.07. The highest BCUT2D eigenvalue weighted by atomic mass is 16.5. The molecule has 1 aromatic carbocycles. The Morgan fingerprint density at radius 2 is 1.92 bits per heavy atom. The largest absolute Gasteiger partial charge is 0.464 e. The van der Waals surface area contributed by atoms with Crippen LogP contribution in [0.25, 0.3) is 16.7 Å². The number of rotatable bonds is 6. The molecular formula is C19H22N4O3. The maximum Gasteiger partial charge on any atom is 0.326 e. The van der Waals surface area contributed by atoms with Crippen molar-refractivity contribution in [2.45, 2.75) is 40.2 Å². The van der Waals surface area contributed by atoms with Gasteiger partial charge in [0.2, 0.25) is 0 Å². The first-order valence-electron chi connectivity index (χ1n) is 8.67. The third-order valence-corrected chi connectivity index (χ3v) is 4.07. The molecule has 0 radical (unpaired) electrons. The van der Waals surface area contributed by atoms with Crippen molar-refractivity contribution in [3.05, 3.63) is 52.2 Å². The maximum absolute atomic E-state index is 12.6. The molecule has 0 saturated carbocycles. The summed E-state index contributed by atoms with van der Waals surface area (Å²) in [4.78, 5) is 28.8. The van der Waals surface area contributed by atoms with Gasteiger partial charge < -0.3 is 4.74 Å². The van der Waals surface area contributed by atoms with Gasteiger partial charge in [0, 0.05) is 0 Å². The highest BCUT2D eigenvalue weighted by Gasteiger charge is 2.14. The molecule has 7 nitrogen and oxygen atoms in total. The molecule has 0 aliphatic heterocycles. The number of aromatic nitrogens is 4. The van der Waals surface area contributed by atoms with Crippen LogP contribution >= 0.6 is 0 Å². The van der Waals surface area contributed by atoms with Crippen LogP contribution in [0.1, 0.15) is 30.9 Å². The first kappa shape index (κ1) is 17.8. The van der Waals surface area contributed by atoms with Gasteiger partial charge in [0.25, 0.3) is 5.56 Å². The maximum atomic E-state index is 12.6. The van der Waals surface area contributed by atoms with Crippen molar-refractivity contribution in [3.8, 4) is 5.69 Å². The molecule has 2 aromatic heterocycles. The summed E-state index contributed by atoms with van der Waals surface area (Å²) in [6, 6.07) is 6.04. The number of ether oxygens (including phenoxy) is 1. The van der Waals surface area contributed by atoms with Crippen LogP contribution in [0.3, 0.4) is 0 Å². The van der Waals surface area contributed by atoms with Gasteiger partial charge in [-0.1, -0.05) is 19.4 Å². The van der Waals surface area contributed by atoms with E-state index in [2.05, 4.69) is 16.1 Å². The van der Waals surface area contributed by atoms with Gasteiger partial charge in [-0.05, 0) is 43.5 Å². The van der Waals surface area contributed by atoms with Crippen molar-refractivity contribution < 1.29 is 9.53 Å². The molecule has 0 aliphatic rings. The number of hydrogen-bond acceptors (Lipinski definition) is 5. The summed E-state index contributed by atoms with van der Waals surface area (Å²) >= 11 is 0. The van der Waals surface area contributed by atoms with Crippen LogP contribution in [-0.4, -0.2) is 31.9 Å². The van der Waals surface area contributed by atoms with Crippen molar-refractivity contribution in [1.82, 2.24) is 19.3 Å². The highest BCUT2D eigenvalue weighted by Crippen LogP contribution is 2.17. The molecule has 0 fully saturated rings.